The second kappa shape index (κ2) is 5.03. The molecule has 4 N–H and O–H groups in total. The molecule has 0 saturated carbocycles. The molecule has 26 heavy (non-hydrogen) atoms. The van der Waals surface area contributed by atoms with Gasteiger partial charge in [0.15, 0.2) is 0 Å². The van der Waals surface area contributed by atoms with Gasteiger partial charge in [-0.1, -0.05) is 53.7 Å². The van der Waals surface area contributed by atoms with E-state index in [2.05, 4.69) is 77.9 Å². The quantitative estimate of drug-likeness (QED) is 0.289. The molecule has 2 heteroatoms. The summed E-state index contributed by atoms with van der Waals surface area (Å²) in [5.74, 6) is 0. The van der Waals surface area contributed by atoms with Crippen LogP contribution in [0.25, 0.3) is 32.3 Å². The molecule has 134 valence electrons. The highest BCUT2D eigenvalue weighted by atomic mass is 14.6. The van der Waals surface area contributed by atoms with E-state index in [-0.39, 0.29) is 10.8 Å². The van der Waals surface area contributed by atoms with E-state index in [9.17, 15) is 0 Å². The molecule has 4 rings (SSSR count). The van der Waals surface area contributed by atoms with Crippen molar-refractivity contribution in [3.05, 3.63) is 47.5 Å². The van der Waals surface area contributed by atoms with Crippen LogP contribution >= 0.6 is 0 Å². The zero-order chi connectivity index (χ0) is 19.0. The van der Waals surface area contributed by atoms with Gasteiger partial charge in [0.1, 0.15) is 0 Å². The topological polar surface area (TPSA) is 52.0 Å². The van der Waals surface area contributed by atoms with Crippen LogP contribution in [0.5, 0.6) is 0 Å². The Morgan fingerprint density at radius 1 is 0.538 bits per heavy atom. The highest BCUT2D eigenvalue weighted by Gasteiger charge is 2.21. The van der Waals surface area contributed by atoms with Crippen LogP contribution in [0, 0.1) is 0 Å². The average molecular weight is 345 g/mol. The molecule has 0 amide bonds. The fourth-order valence-electron chi connectivity index (χ4n) is 3.93. The summed E-state index contributed by atoms with van der Waals surface area (Å²) in [7, 11) is 0. The van der Waals surface area contributed by atoms with E-state index in [1.165, 1.54) is 32.7 Å². The molecule has 0 spiro atoms. The molecule has 0 unspecified atom stereocenters. The minimum absolute atomic E-state index is 0.0606. The molecule has 0 aliphatic heterocycles. The van der Waals surface area contributed by atoms with Gasteiger partial charge in [-0.05, 0) is 67.8 Å². The Morgan fingerprint density at radius 2 is 0.885 bits per heavy atom. The van der Waals surface area contributed by atoms with Crippen molar-refractivity contribution in [2.24, 2.45) is 0 Å². The van der Waals surface area contributed by atoms with Crippen molar-refractivity contribution in [2.75, 3.05) is 11.5 Å². The number of anilines is 2. The van der Waals surface area contributed by atoms with Gasteiger partial charge in [-0.15, -0.1) is 0 Å². The maximum absolute atomic E-state index is 6.52. The van der Waals surface area contributed by atoms with Crippen LogP contribution < -0.4 is 11.5 Å². The Labute approximate surface area is 155 Å². The Hall–Kier alpha value is -2.48. The molecule has 4 aromatic rings. The molecule has 0 aromatic heterocycles. The number of benzene rings is 4. The van der Waals surface area contributed by atoms with Crippen LogP contribution in [-0.2, 0) is 10.8 Å². The van der Waals surface area contributed by atoms with Crippen molar-refractivity contribution in [2.45, 2.75) is 52.4 Å². The van der Waals surface area contributed by atoms with Gasteiger partial charge in [0.05, 0.1) is 0 Å². The summed E-state index contributed by atoms with van der Waals surface area (Å²) in [6.45, 7) is 13.4. The maximum atomic E-state index is 6.52. The van der Waals surface area contributed by atoms with Crippen molar-refractivity contribution in [3.8, 4) is 0 Å². The van der Waals surface area contributed by atoms with Gasteiger partial charge in [0, 0.05) is 22.1 Å². The average Bonchev–Trinajstić information content (AvgIpc) is 2.51. The molecule has 0 aliphatic rings. The van der Waals surface area contributed by atoms with E-state index in [1.807, 2.05) is 0 Å². The molecular weight excluding hydrogens is 316 g/mol. The number of nitrogens with two attached hydrogens (primary N) is 2. The van der Waals surface area contributed by atoms with Crippen LogP contribution in [0.2, 0.25) is 0 Å². The van der Waals surface area contributed by atoms with E-state index in [0.29, 0.717) is 0 Å². The standard InChI is InChI=1S/C24H28N2/c1-23(2,3)15-7-13-9-20(26)18-12-16(24(4,5)6)8-14-10-19(25)17(11-15)21(13)22(14)18/h7-12H,25-26H2,1-6H3. The SMILES string of the molecule is CC(C)(C)c1cc2cc(N)c3cc(C(C)(C)C)cc4cc(N)c(c1)c2c43. The minimum Gasteiger partial charge on any atom is -0.398 e. The minimum atomic E-state index is 0.0606. The molecular formula is C24H28N2. The third-order valence-corrected chi connectivity index (χ3v) is 5.56. The van der Waals surface area contributed by atoms with Crippen LogP contribution in [0.15, 0.2) is 36.4 Å². The third kappa shape index (κ3) is 2.39. The second-order valence-electron chi connectivity index (χ2n) is 9.68. The summed E-state index contributed by atoms with van der Waals surface area (Å²) in [4.78, 5) is 0. The Kier molecular flexibility index (Phi) is 3.28. The van der Waals surface area contributed by atoms with E-state index < -0.39 is 0 Å². The molecule has 0 heterocycles. The predicted molar refractivity (Wildman–Crippen MR) is 116 cm³/mol. The van der Waals surface area contributed by atoms with Crippen molar-refractivity contribution < 1.29 is 0 Å². The highest BCUT2D eigenvalue weighted by molar-refractivity contribution is 6.28. The summed E-state index contributed by atoms with van der Waals surface area (Å²) >= 11 is 0. The lowest BCUT2D eigenvalue weighted by Gasteiger charge is -2.24. The lowest BCUT2D eigenvalue weighted by Crippen LogP contribution is -2.12. The zero-order valence-corrected chi connectivity index (χ0v) is 16.6. The number of rotatable bonds is 0. The van der Waals surface area contributed by atoms with Gasteiger partial charge in [-0.3, -0.25) is 0 Å². The van der Waals surface area contributed by atoms with Crippen molar-refractivity contribution in [1.29, 1.82) is 0 Å². The van der Waals surface area contributed by atoms with Gasteiger partial charge >= 0.3 is 0 Å². The van der Waals surface area contributed by atoms with Crippen LogP contribution in [0.4, 0.5) is 11.4 Å². The summed E-state index contributed by atoms with van der Waals surface area (Å²) in [5.41, 5.74) is 17.4. The molecule has 0 saturated heterocycles. The van der Waals surface area contributed by atoms with Crippen LogP contribution in [-0.4, -0.2) is 0 Å². The third-order valence-electron chi connectivity index (χ3n) is 5.56. The first-order chi connectivity index (χ1) is 12.0. The van der Waals surface area contributed by atoms with E-state index in [0.717, 1.165) is 22.1 Å². The molecule has 0 aliphatic carbocycles. The Balaban J connectivity index is 2.24. The fourth-order valence-corrected chi connectivity index (χ4v) is 3.93. The van der Waals surface area contributed by atoms with E-state index >= 15 is 0 Å². The number of nitrogen functional groups attached to an aromatic ring is 2. The van der Waals surface area contributed by atoms with Gasteiger partial charge in [0.25, 0.3) is 0 Å². The lowest BCUT2D eigenvalue weighted by molar-refractivity contribution is 0.591. The molecule has 0 radical (unpaired) electrons. The van der Waals surface area contributed by atoms with E-state index in [4.69, 9.17) is 11.5 Å². The van der Waals surface area contributed by atoms with Crippen LogP contribution in [0.1, 0.15) is 52.7 Å². The Bertz CT molecular complexity index is 1060. The van der Waals surface area contributed by atoms with E-state index in [1.54, 1.807) is 0 Å². The van der Waals surface area contributed by atoms with Crippen molar-refractivity contribution >= 4 is 43.7 Å². The van der Waals surface area contributed by atoms with Crippen LogP contribution in [0.3, 0.4) is 0 Å². The molecule has 0 bridgehead atoms. The van der Waals surface area contributed by atoms with Gasteiger partial charge < -0.3 is 11.5 Å². The predicted octanol–water partition coefficient (Wildman–Crippen LogP) is 6.34. The van der Waals surface area contributed by atoms with Crippen molar-refractivity contribution in [3.63, 3.8) is 0 Å². The normalized spacial score (nSPS) is 13.3. The summed E-state index contributed by atoms with van der Waals surface area (Å²) in [5, 5.41) is 7.09. The lowest BCUT2D eigenvalue weighted by atomic mass is 9.80. The number of hydrogen-bond acceptors (Lipinski definition) is 2. The maximum Gasteiger partial charge on any atom is 0.0400 e. The first kappa shape index (κ1) is 17.0. The van der Waals surface area contributed by atoms with Gasteiger partial charge in [-0.25, -0.2) is 0 Å². The largest absolute Gasteiger partial charge is 0.398 e. The summed E-state index contributed by atoms with van der Waals surface area (Å²) in [6, 6.07) is 13.3. The highest BCUT2D eigenvalue weighted by Crippen LogP contribution is 2.43. The van der Waals surface area contributed by atoms with Crippen molar-refractivity contribution in [1.82, 2.24) is 0 Å². The number of hydrogen-bond donors (Lipinski definition) is 2. The van der Waals surface area contributed by atoms with Gasteiger partial charge in [0.2, 0.25) is 0 Å². The first-order valence-electron chi connectivity index (χ1n) is 9.29. The second-order valence-corrected chi connectivity index (χ2v) is 9.68. The molecule has 0 fully saturated rings. The van der Waals surface area contributed by atoms with Gasteiger partial charge in [-0.2, -0.15) is 0 Å². The monoisotopic (exact) mass is 344 g/mol. The summed E-state index contributed by atoms with van der Waals surface area (Å²) < 4.78 is 0. The molecule has 2 nitrogen and oxygen atoms in total. The zero-order valence-electron chi connectivity index (χ0n) is 16.6. The first-order valence-corrected chi connectivity index (χ1v) is 9.29. The smallest absolute Gasteiger partial charge is 0.0400 e. The molecule has 4 aromatic carbocycles. The Morgan fingerprint density at radius 3 is 1.19 bits per heavy atom. The molecule has 0 atom stereocenters. The fraction of sp³-hybridized carbons (Fsp3) is 0.333. The summed E-state index contributed by atoms with van der Waals surface area (Å²) in [6.07, 6.45) is 0.